The first-order valence-corrected chi connectivity index (χ1v) is 7.43. The molecule has 1 aliphatic rings. The summed E-state index contributed by atoms with van der Waals surface area (Å²) in [5.74, 6) is -0.195. The van der Waals surface area contributed by atoms with Gasteiger partial charge in [0.25, 0.3) is 5.91 Å². The topological polar surface area (TPSA) is 45.2 Å². The third kappa shape index (κ3) is 3.84. The summed E-state index contributed by atoms with van der Waals surface area (Å²) >= 11 is 11.8. The van der Waals surface area contributed by atoms with Gasteiger partial charge in [-0.3, -0.25) is 4.79 Å². The van der Waals surface area contributed by atoms with Crippen molar-refractivity contribution in [1.82, 2.24) is 15.2 Å². The lowest BCUT2D eigenvalue weighted by atomic mass is 9.80. The summed E-state index contributed by atoms with van der Waals surface area (Å²) in [4.78, 5) is 18.3. The largest absolute Gasteiger partial charge is 0.351 e. The molecule has 1 aromatic rings. The SMILES string of the molecule is CN1CCC(C)(CNC(=O)c2cc(Cl)ncc2Cl)CC1. The van der Waals surface area contributed by atoms with Crippen LogP contribution in [-0.2, 0) is 0 Å². The van der Waals surface area contributed by atoms with Gasteiger partial charge in [0, 0.05) is 12.7 Å². The van der Waals surface area contributed by atoms with Crippen LogP contribution in [0.25, 0.3) is 0 Å². The van der Waals surface area contributed by atoms with Crippen molar-refractivity contribution in [2.75, 3.05) is 26.7 Å². The maximum atomic E-state index is 12.2. The Labute approximate surface area is 129 Å². The molecule has 0 radical (unpaired) electrons. The number of hydrogen-bond donors (Lipinski definition) is 1. The monoisotopic (exact) mass is 315 g/mol. The molecule has 1 amide bonds. The lowest BCUT2D eigenvalue weighted by Gasteiger charge is -2.37. The van der Waals surface area contributed by atoms with Crippen molar-refractivity contribution in [3.05, 3.63) is 28.0 Å². The summed E-state index contributed by atoms with van der Waals surface area (Å²) < 4.78 is 0. The molecule has 2 rings (SSSR count). The molecule has 0 aliphatic carbocycles. The molecule has 0 bridgehead atoms. The molecule has 0 atom stereocenters. The van der Waals surface area contributed by atoms with Gasteiger partial charge < -0.3 is 10.2 Å². The van der Waals surface area contributed by atoms with Gasteiger partial charge in [0.15, 0.2) is 0 Å². The standard InChI is InChI=1S/C14H19Cl2N3O/c1-14(3-5-19(2)6-4-14)9-18-13(20)10-7-12(16)17-8-11(10)15/h7-8H,3-6,9H2,1-2H3,(H,18,20). The number of aromatic nitrogens is 1. The number of nitrogens with one attached hydrogen (secondary N) is 1. The second kappa shape index (κ2) is 6.29. The van der Waals surface area contributed by atoms with Crippen molar-refractivity contribution >= 4 is 29.1 Å². The number of amides is 1. The first kappa shape index (κ1) is 15.5. The third-order valence-electron chi connectivity index (χ3n) is 3.94. The molecule has 6 heteroatoms. The summed E-state index contributed by atoms with van der Waals surface area (Å²) in [5.41, 5.74) is 0.522. The van der Waals surface area contributed by atoms with Crippen molar-refractivity contribution < 1.29 is 4.79 Å². The van der Waals surface area contributed by atoms with Gasteiger partial charge in [0.05, 0.1) is 10.6 Å². The predicted molar refractivity (Wildman–Crippen MR) is 81.4 cm³/mol. The van der Waals surface area contributed by atoms with Crippen LogP contribution in [0.1, 0.15) is 30.1 Å². The molecule has 1 saturated heterocycles. The van der Waals surface area contributed by atoms with Crippen LogP contribution in [-0.4, -0.2) is 42.5 Å². The highest BCUT2D eigenvalue weighted by molar-refractivity contribution is 6.35. The van der Waals surface area contributed by atoms with E-state index >= 15 is 0 Å². The molecule has 1 N–H and O–H groups in total. The smallest absolute Gasteiger partial charge is 0.252 e. The van der Waals surface area contributed by atoms with Crippen LogP contribution in [0.5, 0.6) is 0 Å². The maximum Gasteiger partial charge on any atom is 0.252 e. The van der Waals surface area contributed by atoms with Crippen molar-refractivity contribution in [1.29, 1.82) is 0 Å². The Bertz CT molecular complexity index is 499. The highest BCUT2D eigenvalue weighted by Crippen LogP contribution is 2.29. The van der Waals surface area contributed by atoms with E-state index in [1.807, 2.05) is 0 Å². The zero-order valence-electron chi connectivity index (χ0n) is 11.7. The van der Waals surface area contributed by atoms with Crippen molar-refractivity contribution in [3.8, 4) is 0 Å². The first-order chi connectivity index (χ1) is 9.39. The molecule has 1 aliphatic heterocycles. The second-order valence-corrected chi connectivity index (χ2v) is 6.58. The zero-order valence-corrected chi connectivity index (χ0v) is 13.3. The lowest BCUT2D eigenvalue weighted by molar-refractivity contribution is 0.0891. The van der Waals surface area contributed by atoms with Gasteiger partial charge >= 0.3 is 0 Å². The fraction of sp³-hybridized carbons (Fsp3) is 0.571. The molecule has 0 unspecified atom stereocenters. The Morgan fingerprint density at radius 3 is 2.75 bits per heavy atom. The molecule has 0 aromatic carbocycles. The van der Waals surface area contributed by atoms with Crippen LogP contribution in [0, 0.1) is 5.41 Å². The van der Waals surface area contributed by atoms with Crippen molar-refractivity contribution in [2.45, 2.75) is 19.8 Å². The van der Waals surface area contributed by atoms with Crippen LogP contribution in [0.3, 0.4) is 0 Å². The Hall–Kier alpha value is -0.840. The van der Waals surface area contributed by atoms with Crippen LogP contribution >= 0.6 is 23.2 Å². The third-order valence-corrected chi connectivity index (χ3v) is 4.44. The van der Waals surface area contributed by atoms with Gasteiger partial charge in [-0.05, 0) is 44.5 Å². The van der Waals surface area contributed by atoms with Gasteiger partial charge in [-0.15, -0.1) is 0 Å². The molecule has 110 valence electrons. The van der Waals surface area contributed by atoms with E-state index in [4.69, 9.17) is 23.2 Å². The van der Waals surface area contributed by atoms with Gasteiger partial charge in [0.1, 0.15) is 5.15 Å². The van der Waals surface area contributed by atoms with Gasteiger partial charge in [-0.1, -0.05) is 30.1 Å². The summed E-state index contributed by atoms with van der Waals surface area (Å²) in [6, 6.07) is 1.50. The molecule has 0 saturated carbocycles. The summed E-state index contributed by atoms with van der Waals surface area (Å²) in [6.45, 7) is 4.99. The molecular formula is C14H19Cl2N3O. The molecule has 0 spiro atoms. The molecular weight excluding hydrogens is 297 g/mol. The number of halogens is 2. The number of rotatable bonds is 3. The average Bonchev–Trinajstić information content (AvgIpc) is 2.43. The summed E-state index contributed by atoms with van der Waals surface area (Å²) in [6.07, 6.45) is 3.55. The highest BCUT2D eigenvalue weighted by Gasteiger charge is 2.29. The number of nitrogens with zero attached hydrogens (tertiary/aromatic N) is 2. The van der Waals surface area contributed by atoms with Crippen molar-refractivity contribution in [2.24, 2.45) is 5.41 Å². The average molecular weight is 316 g/mol. The molecule has 2 heterocycles. The number of likely N-dealkylation sites (tertiary alicyclic amines) is 1. The fourth-order valence-corrected chi connectivity index (χ4v) is 2.66. The van der Waals surface area contributed by atoms with E-state index in [0.29, 0.717) is 17.1 Å². The van der Waals surface area contributed by atoms with E-state index in [-0.39, 0.29) is 16.5 Å². The molecule has 1 aromatic heterocycles. The molecule has 4 nitrogen and oxygen atoms in total. The van der Waals surface area contributed by atoms with E-state index < -0.39 is 0 Å². The Morgan fingerprint density at radius 2 is 2.10 bits per heavy atom. The van der Waals surface area contributed by atoms with Gasteiger partial charge in [-0.2, -0.15) is 0 Å². The minimum atomic E-state index is -0.195. The number of piperidine rings is 1. The van der Waals surface area contributed by atoms with Crippen LogP contribution in [0.4, 0.5) is 0 Å². The zero-order chi connectivity index (χ0) is 14.8. The van der Waals surface area contributed by atoms with Crippen molar-refractivity contribution in [3.63, 3.8) is 0 Å². The number of pyridine rings is 1. The quantitative estimate of drug-likeness (QED) is 0.872. The fourth-order valence-electron chi connectivity index (χ4n) is 2.31. The van der Waals surface area contributed by atoms with E-state index in [0.717, 1.165) is 25.9 Å². The molecule has 20 heavy (non-hydrogen) atoms. The minimum Gasteiger partial charge on any atom is -0.351 e. The Kier molecular flexibility index (Phi) is 4.89. The Morgan fingerprint density at radius 1 is 1.45 bits per heavy atom. The van der Waals surface area contributed by atoms with E-state index in [9.17, 15) is 4.79 Å². The van der Waals surface area contributed by atoms with Gasteiger partial charge in [0.2, 0.25) is 0 Å². The highest BCUT2D eigenvalue weighted by atomic mass is 35.5. The summed E-state index contributed by atoms with van der Waals surface area (Å²) in [5, 5.41) is 3.55. The first-order valence-electron chi connectivity index (χ1n) is 6.67. The predicted octanol–water partition coefficient (Wildman–Crippen LogP) is 2.85. The molecule has 1 fully saturated rings. The summed E-state index contributed by atoms with van der Waals surface area (Å²) in [7, 11) is 2.12. The Balaban J connectivity index is 1.97. The van der Waals surface area contributed by atoms with Gasteiger partial charge in [-0.25, -0.2) is 4.98 Å². The second-order valence-electron chi connectivity index (χ2n) is 5.78. The van der Waals surface area contributed by atoms with Crippen LogP contribution in [0.2, 0.25) is 10.2 Å². The minimum absolute atomic E-state index is 0.144. The van der Waals surface area contributed by atoms with Crippen LogP contribution < -0.4 is 5.32 Å². The van der Waals surface area contributed by atoms with E-state index in [1.165, 1.54) is 12.3 Å². The normalized spacial score (nSPS) is 18.8. The van der Waals surface area contributed by atoms with Crippen LogP contribution in [0.15, 0.2) is 12.3 Å². The van der Waals surface area contributed by atoms with E-state index in [1.54, 1.807) is 0 Å². The lowest BCUT2D eigenvalue weighted by Crippen LogP contribution is -2.43. The number of carbonyl (C=O) groups excluding carboxylic acids is 1. The number of carbonyl (C=O) groups is 1. The maximum absolute atomic E-state index is 12.2. The number of hydrogen-bond acceptors (Lipinski definition) is 3. The van der Waals surface area contributed by atoms with E-state index in [2.05, 4.69) is 29.2 Å².